The van der Waals surface area contributed by atoms with Gasteiger partial charge in [0, 0.05) is 49.6 Å². The summed E-state index contributed by atoms with van der Waals surface area (Å²) in [4.78, 5) is 25.3. The molecule has 1 aliphatic heterocycles. The molecule has 1 aliphatic rings. The minimum absolute atomic E-state index is 0.0292. The lowest BCUT2D eigenvalue weighted by atomic mass is 10.1. The SMILES string of the molecule is COc1cc(OC)cc(N2CCC(NC(=O)NCc3ccc(C(=O)O)cc3)C2)c1. The van der Waals surface area contributed by atoms with Gasteiger partial charge in [0.15, 0.2) is 0 Å². The Morgan fingerprint density at radius 3 is 2.34 bits per heavy atom. The molecule has 8 nitrogen and oxygen atoms in total. The Hall–Kier alpha value is -3.42. The standard InChI is InChI=1S/C21H25N3O5/c1-28-18-9-17(10-19(11-18)29-2)24-8-7-16(13-24)23-21(27)22-12-14-3-5-15(6-4-14)20(25)26/h3-6,9-11,16H,7-8,12-13H2,1-2H3,(H,25,26)(H2,22,23,27). The fourth-order valence-electron chi connectivity index (χ4n) is 3.27. The van der Waals surface area contributed by atoms with Crippen LogP contribution in [-0.4, -0.2) is 50.5 Å². The van der Waals surface area contributed by atoms with Gasteiger partial charge in [-0.3, -0.25) is 0 Å². The quantitative estimate of drug-likeness (QED) is 0.661. The van der Waals surface area contributed by atoms with E-state index in [1.54, 1.807) is 26.4 Å². The van der Waals surface area contributed by atoms with E-state index in [9.17, 15) is 9.59 Å². The minimum Gasteiger partial charge on any atom is -0.497 e. The Balaban J connectivity index is 1.50. The highest BCUT2D eigenvalue weighted by Crippen LogP contribution is 2.30. The summed E-state index contributed by atoms with van der Waals surface area (Å²) in [6.07, 6.45) is 0.834. The van der Waals surface area contributed by atoms with Crippen LogP contribution in [0.15, 0.2) is 42.5 Å². The number of nitrogens with zero attached hydrogens (tertiary/aromatic N) is 1. The van der Waals surface area contributed by atoms with Gasteiger partial charge >= 0.3 is 12.0 Å². The van der Waals surface area contributed by atoms with Crippen molar-refractivity contribution in [3.8, 4) is 11.5 Å². The van der Waals surface area contributed by atoms with E-state index < -0.39 is 5.97 Å². The number of nitrogens with one attached hydrogen (secondary N) is 2. The number of carbonyl (C=O) groups excluding carboxylic acids is 1. The Morgan fingerprint density at radius 1 is 1.10 bits per heavy atom. The number of carbonyl (C=O) groups is 2. The molecule has 1 heterocycles. The summed E-state index contributed by atoms with van der Waals surface area (Å²) in [5.41, 5.74) is 2.05. The van der Waals surface area contributed by atoms with Gasteiger partial charge in [-0.25, -0.2) is 9.59 Å². The normalized spacial score (nSPS) is 15.7. The number of rotatable bonds is 7. The van der Waals surface area contributed by atoms with Crippen LogP contribution in [0.3, 0.4) is 0 Å². The Labute approximate surface area is 169 Å². The number of hydrogen-bond donors (Lipinski definition) is 3. The maximum Gasteiger partial charge on any atom is 0.335 e. The van der Waals surface area contributed by atoms with E-state index >= 15 is 0 Å². The van der Waals surface area contributed by atoms with Crippen LogP contribution in [0, 0.1) is 0 Å². The topological polar surface area (TPSA) is 100 Å². The summed E-state index contributed by atoms with van der Waals surface area (Å²) in [6.45, 7) is 1.84. The van der Waals surface area contributed by atoms with Crippen LogP contribution in [0.25, 0.3) is 0 Å². The summed E-state index contributed by atoms with van der Waals surface area (Å²) in [5, 5.41) is 14.7. The zero-order valence-corrected chi connectivity index (χ0v) is 16.5. The molecule has 0 bridgehead atoms. The predicted molar refractivity (Wildman–Crippen MR) is 109 cm³/mol. The number of benzene rings is 2. The van der Waals surface area contributed by atoms with Crippen LogP contribution < -0.4 is 25.0 Å². The third-order valence-corrected chi connectivity index (χ3v) is 4.88. The van der Waals surface area contributed by atoms with Gasteiger partial charge in [0.1, 0.15) is 11.5 Å². The number of anilines is 1. The van der Waals surface area contributed by atoms with Crippen molar-refractivity contribution in [3.05, 3.63) is 53.6 Å². The molecule has 2 aromatic carbocycles. The lowest BCUT2D eigenvalue weighted by Gasteiger charge is -2.20. The van der Waals surface area contributed by atoms with Gasteiger partial charge in [-0.05, 0) is 24.1 Å². The molecule has 0 radical (unpaired) electrons. The molecule has 3 rings (SSSR count). The van der Waals surface area contributed by atoms with Crippen molar-refractivity contribution in [2.45, 2.75) is 19.0 Å². The van der Waals surface area contributed by atoms with Gasteiger partial charge in [0.2, 0.25) is 0 Å². The molecule has 29 heavy (non-hydrogen) atoms. The van der Waals surface area contributed by atoms with Gasteiger partial charge in [-0.1, -0.05) is 12.1 Å². The van der Waals surface area contributed by atoms with Crippen molar-refractivity contribution in [1.82, 2.24) is 10.6 Å². The average Bonchev–Trinajstić information content (AvgIpc) is 3.20. The van der Waals surface area contributed by atoms with Gasteiger partial charge in [-0.15, -0.1) is 0 Å². The molecule has 1 atom stereocenters. The molecule has 1 fully saturated rings. The van der Waals surface area contributed by atoms with Crippen LogP contribution in [0.2, 0.25) is 0 Å². The molecule has 1 saturated heterocycles. The average molecular weight is 399 g/mol. The highest BCUT2D eigenvalue weighted by molar-refractivity contribution is 5.87. The third-order valence-electron chi connectivity index (χ3n) is 4.88. The number of ether oxygens (including phenoxy) is 2. The highest BCUT2D eigenvalue weighted by atomic mass is 16.5. The molecule has 1 unspecified atom stereocenters. The second kappa shape index (κ2) is 9.18. The number of carboxylic acids is 1. The number of amides is 2. The molecular weight excluding hydrogens is 374 g/mol. The van der Waals surface area contributed by atoms with Crippen LogP contribution >= 0.6 is 0 Å². The summed E-state index contributed by atoms with van der Waals surface area (Å²) in [5.74, 6) is 0.478. The Bertz CT molecular complexity index is 847. The number of methoxy groups -OCH3 is 2. The molecule has 8 heteroatoms. The number of aromatic carboxylic acids is 1. The second-order valence-corrected chi connectivity index (χ2v) is 6.83. The Kier molecular flexibility index (Phi) is 6.43. The van der Waals surface area contributed by atoms with Crippen molar-refractivity contribution < 1.29 is 24.2 Å². The molecular formula is C21H25N3O5. The van der Waals surface area contributed by atoms with Gasteiger partial charge in [-0.2, -0.15) is 0 Å². The smallest absolute Gasteiger partial charge is 0.335 e. The summed E-state index contributed by atoms with van der Waals surface area (Å²) < 4.78 is 10.6. The van der Waals surface area contributed by atoms with E-state index in [4.69, 9.17) is 14.6 Å². The second-order valence-electron chi connectivity index (χ2n) is 6.83. The fourth-order valence-corrected chi connectivity index (χ4v) is 3.27. The predicted octanol–water partition coefficient (Wildman–Crippen LogP) is 2.48. The van der Waals surface area contributed by atoms with Crippen LogP contribution in [0.1, 0.15) is 22.3 Å². The monoisotopic (exact) mass is 399 g/mol. The first-order chi connectivity index (χ1) is 14.0. The van der Waals surface area contributed by atoms with Crippen molar-refractivity contribution in [3.63, 3.8) is 0 Å². The summed E-state index contributed by atoms with van der Waals surface area (Å²) in [7, 11) is 3.24. The molecule has 0 aromatic heterocycles. The van der Waals surface area contributed by atoms with Crippen LogP contribution in [-0.2, 0) is 6.54 Å². The first kappa shape index (κ1) is 20.3. The first-order valence-electron chi connectivity index (χ1n) is 9.33. The van der Waals surface area contributed by atoms with Gasteiger partial charge < -0.3 is 30.1 Å². The summed E-state index contributed by atoms with van der Waals surface area (Å²) >= 11 is 0. The molecule has 0 spiro atoms. The van der Waals surface area contributed by atoms with E-state index in [0.717, 1.165) is 35.7 Å². The molecule has 2 aromatic rings. The number of urea groups is 1. The van der Waals surface area contributed by atoms with Crippen molar-refractivity contribution in [1.29, 1.82) is 0 Å². The Morgan fingerprint density at radius 2 is 1.76 bits per heavy atom. The molecule has 3 N–H and O–H groups in total. The minimum atomic E-state index is -0.971. The molecule has 2 amide bonds. The first-order valence-corrected chi connectivity index (χ1v) is 9.33. The summed E-state index contributed by atoms with van der Waals surface area (Å²) in [6, 6.07) is 11.9. The van der Waals surface area contributed by atoms with E-state index in [0.29, 0.717) is 13.1 Å². The van der Waals surface area contributed by atoms with Crippen molar-refractivity contribution in [2.75, 3.05) is 32.2 Å². The highest BCUT2D eigenvalue weighted by Gasteiger charge is 2.24. The van der Waals surface area contributed by atoms with Crippen LogP contribution in [0.5, 0.6) is 11.5 Å². The number of hydrogen-bond acceptors (Lipinski definition) is 5. The fraction of sp³-hybridized carbons (Fsp3) is 0.333. The van der Waals surface area contributed by atoms with E-state index in [2.05, 4.69) is 15.5 Å². The number of carboxylic acid groups (broad SMARTS) is 1. The molecule has 0 saturated carbocycles. The molecule has 0 aliphatic carbocycles. The van der Waals surface area contributed by atoms with E-state index in [1.165, 1.54) is 12.1 Å². The lowest BCUT2D eigenvalue weighted by molar-refractivity contribution is 0.0697. The largest absolute Gasteiger partial charge is 0.497 e. The lowest BCUT2D eigenvalue weighted by Crippen LogP contribution is -2.43. The van der Waals surface area contributed by atoms with E-state index in [-0.39, 0.29) is 17.6 Å². The third kappa shape index (κ3) is 5.31. The molecule has 154 valence electrons. The zero-order valence-electron chi connectivity index (χ0n) is 16.5. The van der Waals surface area contributed by atoms with Crippen molar-refractivity contribution in [2.24, 2.45) is 0 Å². The van der Waals surface area contributed by atoms with Crippen molar-refractivity contribution >= 4 is 17.7 Å². The van der Waals surface area contributed by atoms with Gasteiger partial charge in [0.25, 0.3) is 0 Å². The maximum absolute atomic E-state index is 12.2. The zero-order chi connectivity index (χ0) is 20.8. The maximum atomic E-state index is 12.2. The van der Waals surface area contributed by atoms with E-state index in [1.807, 2.05) is 18.2 Å². The van der Waals surface area contributed by atoms with Crippen LogP contribution in [0.4, 0.5) is 10.5 Å². The van der Waals surface area contributed by atoms with Gasteiger partial charge in [0.05, 0.1) is 19.8 Å².